The van der Waals surface area contributed by atoms with Crippen molar-refractivity contribution in [2.75, 3.05) is 0 Å². The summed E-state index contributed by atoms with van der Waals surface area (Å²) in [6.07, 6.45) is 0.664. The van der Waals surface area contributed by atoms with Gasteiger partial charge in [-0.25, -0.2) is 4.39 Å². The van der Waals surface area contributed by atoms with Gasteiger partial charge in [-0.3, -0.25) is 11.3 Å². The molecule has 2 nitrogen and oxygen atoms in total. The Bertz CT molecular complexity index is 567. The van der Waals surface area contributed by atoms with Gasteiger partial charge < -0.3 is 0 Å². The molecule has 1 unspecified atom stereocenters. The molecule has 2 aromatic rings. The highest BCUT2D eigenvalue weighted by Gasteiger charge is 2.18. The smallest absolute Gasteiger partial charge is 0.128 e. The second kappa shape index (κ2) is 6.16. The summed E-state index contributed by atoms with van der Waals surface area (Å²) in [5, 5.41) is 0. The summed E-state index contributed by atoms with van der Waals surface area (Å²) in [5.74, 6) is 5.44. The lowest BCUT2D eigenvalue weighted by atomic mass is 9.94. The van der Waals surface area contributed by atoms with E-state index in [9.17, 15) is 4.39 Å². The van der Waals surface area contributed by atoms with E-state index in [-0.39, 0.29) is 11.9 Å². The molecular weight excluding hydrogens is 251 g/mol. The van der Waals surface area contributed by atoms with Crippen LogP contribution in [0.15, 0.2) is 36.4 Å². The van der Waals surface area contributed by atoms with Crippen LogP contribution < -0.4 is 11.3 Å². The van der Waals surface area contributed by atoms with E-state index in [1.165, 1.54) is 5.56 Å². The van der Waals surface area contributed by atoms with E-state index in [1.807, 2.05) is 26.8 Å². The van der Waals surface area contributed by atoms with Gasteiger partial charge in [-0.1, -0.05) is 35.9 Å². The first-order valence-electron chi connectivity index (χ1n) is 6.79. The zero-order valence-corrected chi connectivity index (χ0v) is 12.2. The lowest BCUT2D eigenvalue weighted by Gasteiger charge is -2.20. The van der Waals surface area contributed by atoms with Crippen molar-refractivity contribution in [3.63, 3.8) is 0 Å². The molecule has 0 aliphatic rings. The van der Waals surface area contributed by atoms with E-state index >= 15 is 0 Å². The second-order valence-electron chi connectivity index (χ2n) is 5.39. The fraction of sp³-hybridized carbons (Fsp3) is 0.294. The van der Waals surface area contributed by atoms with Crippen molar-refractivity contribution in [2.24, 2.45) is 5.84 Å². The van der Waals surface area contributed by atoms with Gasteiger partial charge in [0.25, 0.3) is 0 Å². The van der Waals surface area contributed by atoms with Crippen LogP contribution >= 0.6 is 0 Å². The summed E-state index contributed by atoms with van der Waals surface area (Å²) in [5.41, 5.74) is 7.60. The fourth-order valence-electron chi connectivity index (χ4n) is 2.57. The van der Waals surface area contributed by atoms with E-state index in [0.29, 0.717) is 12.0 Å². The third-order valence-electron chi connectivity index (χ3n) is 3.59. The molecule has 0 bridgehead atoms. The first-order valence-corrected chi connectivity index (χ1v) is 6.79. The maximum atomic E-state index is 14.2. The number of hydrogen-bond donors (Lipinski definition) is 2. The Kier molecular flexibility index (Phi) is 4.53. The second-order valence-corrected chi connectivity index (χ2v) is 5.39. The summed E-state index contributed by atoms with van der Waals surface area (Å²) in [6.45, 7) is 5.86. The zero-order valence-electron chi connectivity index (χ0n) is 12.2. The summed E-state index contributed by atoms with van der Waals surface area (Å²) >= 11 is 0. The normalized spacial score (nSPS) is 12.4. The quantitative estimate of drug-likeness (QED) is 0.660. The molecule has 2 aromatic carbocycles. The van der Waals surface area contributed by atoms with Gasteiger partial charge in [0.2, 0.25) is 0 Å². The molecule has 106 valence electrons. The fourth-order valence-corrected chi connectivity index (χ4v) is 2.57. The van der Waals surface area contributed by atoms with Crippen molar-refractivity contribution in [2.45, 2.75) is 33.2 Å². The van der Waals surface area contributed by atoms with E-state index in [2.05, 4.69) is 29.7 Å². The Labute approximate surface area is 119 Å². The highest BCUT2D eigenvalue weighted by Crippen LogP contribution is 2.25. The number of halogens is 1. The molecule has 0 amide bonds. The van der Waals surface area contributed by atoms with Gasteiger partial charge in [0.05, 0.1) is 6.04 Å². The van der Waals surface area contributed by atoms with E-state index in [0.717, 1.165) is 16.7 Å². The molecule has 0 aliphatic heterocycles. The molecule has 0 aliphatic carbocycles. The van der Waals surface area contributed by atoms with Crippen molar-refractivity contribution >= 4 is 0 Å². The SMILES string of the molecule is Cc1ccc(CC(NN)c2c(C)cc(C)cc2F)cc1. The standard InChI is InChI=1S/C17H21FN2/c1-11-4-6-14(7-5-11)10-16(20-19)17-13(3)8-12(2)9-15(17)18/h4-9,16,20H,10,19H2,1-3H3. The molecular formula is C17H21FN2. The van der Waals surface area contributed by atoms with Crippen LogP contribution in [0.5, 0.6) is 0 Å². The lowest BCUT2D eigenvalue weighted by Crippen LogP contribution is -2.31. The minimum absolute atomic E-state index is 0.197. The third-order valence-corrected chi connectivity index (χ3v) is 3.59. The Morgan fingerprint density at radius 3 is 2.25 bits per heavy atom. The predicted molar refractivity (Wildman–Crippen MR) is 80.8 cm³/mol. The van der Waals surface area contributed by atoms with Gasteiger partial charge in [0.1, 0.15) is 5.82 Å². The monoisotopic (exact) mass is 272 g/mol. The Morgan fingerprint density at radius 2 is 1.70 bits per heavy atom. The van der Waals surface area contributed by atoms with E-state index in [1.54, 1.807) is 6.07 Å². The summed E-state index contributed by atoms with van der Waals surface area (Å²) < 4.78 is 14.2. The lowest BCUT2D eigenvalue weighted by molar-refractivity contribution is 0.507. The number of rotatable bonds is 4. The molecule has 0 heterocycles. The number of benzene rings is 2. The highest BCUT2D eigenvalue weighted by molar-refractivity contribution is 5.35. The number of hydrogen-bond acceptors (Lipinski definition) is 2. The minimum atomic E-state index is -0.224. The minimum Gasteiger partial charge on any atom is -0.271 e. The van der Waals surface area contributed by atoms with Crippen LogP contribution in [0, 0.1) is 26.6 Å². The first kappa shape index (κ1) is 14.7. The Balaban J connectivity index is 2.31. The molecule has 1 atom stereocenters. The van der Waals surface area contributed by atoms with E-state index in [4.69, 9.17) is 5.84 Å². The van der Waals surface area contributed by atoms with Crippen LogP contribution in [-0.2, 0) is 6.42 Å². The molecule has 2 rings (SSSR count). The molecule has 20 heavy (non-hydrogen) atoms. The van der Waals surface area contributed by atoms with Gasteiger partial charge in [-0.15, -0.1) is 0 Å². The van der Waals surface area contributed by atoms with Crippen LogP contribution in [0.3, 0.4) is 0 Å². The average Bonchev–Trinajstić information content (AvgIpc) is 2.38. The molecule has 0 saturated heterocycles. The molecule has 0 spiro atoms. The van der Waals surface area contributed by atoms with E-state index < -0.39 is 0 Å². The van der Waals surface area contributed by atoms with Gasteiger partial charge in [-0.2, -0.15) is 0 Å². The van der Waals surface area contributed by atoms with Gasteiger partial charge in [0.15, 0.2) is 0 Å². The van der Waals surface area contributed by atoms with Gasteiger partial charge >= 0.3 is 0 Å². The van der Waals surface area contributed by atoms with Crippen molar-refractivity contribution < 1.29 is 4.39 Å². The number of hydrazine groups is 1. The Morgan fingerprint density at radius 1 is 1.05 bits per heavy atom. The Hall–Kier alpha value is -1.71. The number of aryl methyl sites for hydroxylation is 3. The average molecular weight is 272 g/mol. The van der Waals surface area contributed by atoms with Crippen molar-refractivity contribution in [3.8, 4) is 0 Å². The van der Waals surface area contributed by atoms with Crippen LogP contribution in [0.1, 0.15) is 33.9 Å². The summed E-state index contributed by atoms with van der Waals surface area (Å²) in [4.78, 5) is 0. The van der Waals surface area contributed by atoms with Crippen LogP contribution in [-0.4, -0.2) is 0 Å². The molecule has 0 aromatic heterocycles. The topological polar surface area (TPSA) is 38.0 Å². The van der Waals surface area contributed by atoms with Crippen LogP contribution in [0.4, 0.5) is 4.39 Å². The van der Waals surface area contributed by atoms with Gasteiger partial charge in [-0.05, 0) is 49.9 Å². The predicted octanol–water partition coefficient (Wildman–Crippen LogP) is 3.50. The summed E-state index contributed by atoms with van der Waals surface area (Å²) in [7, 11) is 0. The molecule has 3 N–H and O–H groups in total. The number of nitrogens with one attached hydrogen (secondary N) is 1. The third kappa shape index (κ3) is 3.24. The van der Waals surface area contributed by atoms with Crippen molar-refractivity contribution in [1.29, 1.82) is 0 Å². The largest absolute Gasteiger partial charge is 0.271 e. The molecule has 0 fully saturated rings. The van der Waals surface area contributed by atoms with Crippen molar-refractivity contribution in [1.82, 2.24) is 5.43 Å². The van der Waals surface area contributed by atoms with Crippen molar-refractivity contribution in [3.05, 3.63) is 70.0 Å². The highest BCUT2D eigenvalue weighted by atomic mass is 19.1. The first-order chi connectivity index (χ1) is 9.51. The maximum absolute atomic E-state index is 14.2. The maximum Gasteiger partial charge on any atom is 0.128 e. The molecule has 0 saturated carbocycles. The van der Waals surface area contributed by atoms with Gasteiger partial charge in [0, 0.05) is 5.56 Å². The molecule has 3 heteroatoms. The zero-order chi connectivity index (χ0) is 14.7. The molecule has 0 radical (unpaired) electrons. The van der Waals surface area contributed by atoms with Crippen LogP contribution in [0.2, 0.25) is 0 Å². The number of nitrogens with two attached hydrogens (primary N) is 1. The van der Waals surface area contributed by atoms with Crippen LogP contribution in [0.25, 0.3) is 0 Å². The summed E-state index contributed by atoms with van der Waals surface area (Å²) in [6, 6.07) is 11.5.